The topological polar surface area (TPSA) is 0 Å². The monoisotopic (exact) mass is 2180 g/mol. The Balaban J connectivity index is 0.000000303. The van der Waals surface area contributed by atoms with Crippen molar-refractivity contribution in [3.8, 4) is 33.4 Å². The van der Waals surface area contributed by atoms with Gasteiger partial charge in [-0.15, -0.1) is 11.1 Å². The number of hydrogen-bond acceptors (Lipinski definition) is 0. The molecule has 9 aromatic carbocycles. The molecule has 7 heteroatoms. The van der Waals surface area contributed by atoms with Crippen molar-refractivity contribution in [1.29, 1.82) is 0 Å². The third-order valence-corrected chi connectivity index (χ3v) is 29.5. The average molecular weight is 2180 g/mol. The maximum atomic E-state index is 3.14. The van der Waals surface area contributed by atoms with Gasteiger partial charge in [0.25, 0.3) is 0 Å². The van der Waals surface area contributed by atoms with Crippen LogP contribution in [0.3, 0.4) is 0 Å². The fraction of sp³-hybridized carbons (Fsp3) is 0.521. The van der Waals surface area contributed by atoms with E-state index in [9.17, 15) is 0 Å². The fourth-order valence-electron chi connectivity index (χ4n) is 20.9. The molecule has 0 bridgehead atoms. The maximum Gasteiger partial charge on any atom is 0 e. The number of hydrogen-bond donors (Lipinski definition) is 0. The van der Waals surface area contributed by atoms with Gasteiger partial charge in [0.05, 0.1) is 0 Å². The Labute approximate surface area is 937 Å². The zero-order chi connectivity index (χ0) is 81.6. The van der Waals surface area contributed by atoms with Crippen LogP contribution in [-0.2, 0) is 229 Å². The molecule has 0 spiro atoms. The van der Waals surface area contributed by atoms with Crippen molar-refractivity contribution < 1.29 is 229 Å². The molecule has 7 radical (unpaired) electrons. The van der Waals surface area contributed by atoms with E-state index in [1.807, 2.05) is 60.7 Å². The Morgan fingerprint density at radius 2 is 0.347 bits per heavy atom. The van der Waals surface area contributed by atoms with Crippen LogP contribution in [-0.4, -0.2) is 0 Å². The Hall–Kier alpha value is 0.707. The summed E-state index contributed by atoms with van der Waals surface area (Å²) >= 11 is 0. The van der Waals surface area contributed by atoms with Crippen molar-refractivity contribution in [2.24, 2.45) is 65.1 Å². The number of rotatable bonds is 10. The van der Waals surface area contributed by atoms with Crippen molar-refractivity contribution in [3.05, 3.63) is 301 Å². The molecule has 9 aromatic rings. The summed E-state index contributed by atoms with van der Waals surface area (Å²) in [5, 5.41) is 0. The molecule has 124 heavy (non-hydrogen) atoms. The first-order valence-electron chi connectivity index (χ1n) is 48.0. The normalized spacial score (nSPS) is 25.2. The molecule has 0 aromatic heterocycles. The molecule has 0 amide bonds. The van der Waals surface area contributed by atoms with Gasteiger partial charge in [-0.3, -0.25) is 0 Å². The van der Waals surface area contributed by atoms with Gasteiger partial charge in [0, 0.05) is 229 Å². The molecule has 9 aliphatic rings. The third-order valence-electron chi connectivity index (χ3n) is 29.5. The minimum atomic E-state index is 0. The summed E-state index contributed by atoms with van der Waals surface area (Å²) in [6, 6.07) is 93.2. The van der Waals surface area contributed by atoms with Crippen LogP contribution < -0.4 is 0 Å². The van der Waals surface area contributed by atoms with Crippen LogP contribution in [0.25, 0.3) is 33.4 Å². The molecule has 0 unspecified atom stereocenters. The first-order valence-corrected chi connectivity index (χ1v) is 48.0. The minimum absolute atomic E-state index is 0. The average Bonchev–Trinajstić information content (AvgIpc) is 0.833. The summed E-state index contributed by atoms with van der Waals surface area (Å²) in [6.07, 6.45) is 56.3. The number of benzene rings is 9. The van der Waals surface area contributed by atoms with Gasteiger partial charge < -0.3 is 12.8 Å². The Morgan fingerprint density at radius 1 is 0.177 bits per heavy atom. The molecule has 9 saturated carbocycles. The van der Waals surface area contributed by atoms with E-state index < -0.39 is 0 Å². The summed E-state index contributed by atoms with van der Waals surface area (Å²) in [7, 11) is 0. The Bertz CT molecular complexity index is 3930. The van der Waals surface area contributed by atoms with Crippen LogP contribution in [0.2, 0.25) is 0 Å². The summed E-state index contributed by atoms with van der Waals surface area (Å²) in [4.78, 5) is 0. The minimum Gasteiger partial charge on any atom is -0.328 e. The molecule has 0 heterocycles. The molecule has 0 N–H and O–H groups in total. The third kappa shape index (κ3) is 42.5. The van der Waals surface area contributed by atoms with Crippen LogP contribution in [0, 0.1) is 122 Å². The van der Waals surface area contributed by atoms with Crippen LogP contribution >= 0.6 is 0 Å². The van der Waals surface area contributed by atoms with Crippen LogP contribution in [0.15, 0.2) is 218 Å². The molecule has 0 atom stereocenters. The van der Waals surface area contributed by atoms with Crippen molar-refractivity contribution in [1.82, 2.24) is 0 Å². The predicted octanol–water partition coefficient (Wildman–Crippen LogP) is 34.6. The van der Waals surface area contributed by atoms with E-state index in [-0.39, 0.29) is 229 Å². The first kappa shape index (κ1) is 117. The molecular weight excluding hydrogens is 2030 g/mol. The predicted molar refractivity (Wildman–Crippen MR) is 505 cm³/mol. The van der Waals surface area contributed by atoms with E-state index in [2.05, 4.69) is 263 Å². The smallest absolute Gasteiger partial charge is 0 e. The molecule has 18 rings (SSSR count). The fourth-order valence-corrected chi connectivity index (χ4v) is 20.9. The standard InChI is InChI=1S/C26H34.C19H27.C19H21.C13H23.C13H17.C13H11.C7H13.C7H7.7Y/c1-19-3-7-21(8-4-19)23-11-15-25(16-12-23)26-17-13-24(14-18-26)22-9-5-20(2)6-10-22;2*1-15-7-9-17(10-8-15)19-13-11-18(12-14-19)16-5-3-2-4-6-16;3*1-11-7-9-13(10-8-11)12-5-3-2-4-6-12;2*1-7-5-3-2-4-6-7;;;;;;;/h11-22H,3-10H2,1-2H3;3-6,15,17-19H,7-14H2,1H3;3-6,11-15,17H,7-10H2,1H3;2,11-13H,3-10H2,1H3;3-6,11,13H,7-10H2,1H3;3-10H,1H3;2,7H,3-6H2,1H3;3-6H,1H3;;;;;;;/q;7*-1;;;;;;;. The van der Waals surface area contributed by atoms with Gasteiger partial charge >= 0.3 is 0 Å². The van der Waals surface area contributed by atoms with Crippen LogP contribution in [0.1, 0.15) is 348 Å². The molecule has 9 aliphatic carbocycles. The van der Waals surface area contributed by atoms with E-state index in [0.29, 0.717) is 0 Å². The Kier molecular flexibility index (Phi) is 63.2. The Morgan fingerprint density at radius 3 is 0.581 bits per heavy atom. The second-order valence-corrected chi connectivity index (χ2v) is 38.8. The molecule has 0 nitrogen and oxygen atoms in total. The first-order chi connectivity index (χ1) is 57.2. The van der Waals surface area contributed by atoms with E-state index in [0.717, 1.165) is 94.7 Å². The van der Waals surface area contributed by atoms with E-state index in [1.165, 1.54) is 287 Å². The second kappa shape index (κ2) is 67.0. The van der Waals surface area contributed by atoms with E-state index in [1.54, 1.807) is 16.7 Å². The van der Waals surface area contributed by atoms with Gasteiger partial charge in [0.2, 0.25) is 0 Å². The van der Waals surface area contributed by atoms with Gasteiger partial charge in [0.15, 0.2) is 0 Å². The van der Waals surface area contributed by atoms with Crippen molar-refractivity contribution in [2.45, 2.75) is 323 Å². The summed E-state index contributed by atoms with van der Waals surface area (Å²) in [5.41, 5.74) is 18.1. The van der Waals surface area contributed by atoms with Crippen LogP contribution in [0.5, 0.6) is 0 Å². The second-order valence-electron chi connectivity index (χ2n) is 38.8. The molecular formula is C117H153Y7-7. The molecule has 0 saturated heterocycles. The molecule has 649 valence electrons. The summed E-state index contributed by atoms with van der Waals surface area (Å²) in [5.74, 6) is 15.1. The summed E-state index contributed by atoms with van der Waals surface area (Å²) < 4.78 is 0. The van der Waals surface area contributed by atoms with Gasteiger partial charge in [-0.2, -0.15) is 194 Å². The molecule has 0 aliphatic heterocycles. The van der Waals surface area contributed by atoms with E-state index >= 15 is 0 Å². The van der Waals surface area contributed by atoms with Gasteiger partial charge in [-0.1, -0.05) is 261 Å². The van der Waals surface area contributed by atoms with Crippen molar-refractivity contribution in [2.75, 3.05) is 0 Å². The zero-order valence-corrected chi connectivity index (χ0v) is 98.5. The maximum absolute atomic E-state index is 3.14. The summed E-state index contributed by atoms with van der Waals surface area (Å²) in [6.45, 7) is 20.9. The van der Waals surface area contributed by atoms with Gasteiger partial charge in [-0.25, -0.2) is 0 Å². The molecule has 9 fully saturated rings. The zero-order valence-electron chi connectivity index (χ0n) is 78.7. The van der Waals surface area contributed by atoms with Crippen molar-refractivity contribution in [3.63, 3.8) is 0 Å². The largest absolute Gasteiger partial charge is 0.328 e. The number of aryl methyl sites for hydroxylation is 2. The van der Waals surface area contributed by atoms with Crippen LogP contribution in [0.4, 0.5) is 0 Å². The van der Waals surface area contributed by atoms with Gasteiger partial charge in [0.1, 0.15) is 0 Å². The van der Waals surface area contributed by atoms with Gasteiger partial charge in [-0.05, 0) is 243 Å². The van der Waals surface area contributed by atoms with Crippen molar-refractivity contribution >= 4 is 0 Å². The van der Waals surface area contributed by atoms with E-state index in [4.69, 9.17) is 0 Å². The quantitative estimate of drug-likeness (QED) is 0.120. The SMILES string of the molecule is CC1CCC(C2CCC(c3cc[c-]cc3)CC2)CC1.CC1CCC(C2CC[CH-]CC2)CC1.CC1CCC(c2cc[c-]cc2)CC1.CC1CCC(c2ccc(-c3cc[c-]cc3)cc2)CC1.CC1CCC(c2ccc(-c3ccc(C4CCC(C)CC4)cc3)cc2)CC1.CC1CC[CH-]CC1.Cc1cc[c-]cc1.Cc1ccc(-c2cc[c-]cc2)cc1.[Y].[Y].[Y].[Y].[Y].[Y].[Y].